The molecule has 0 aliphatic heterocycles. The predicted octanol–water partition coefficient (Wildman–Crippen LogP) is 2.90. The highest BCUT2D eigenvalue weighted by molar-refractivity contribution is 9.11. The van der Waals surface area contributed by atoms with E-state index in [1.165, 1.54) is 21.5 Å². The number of hydrogen-bond acceptors (Lipinski definition) is 3. The Balaban J connectivity index is 1.81. The zero-order valence-corrected chi connectivity index (χ0v) is 11.0. The van der Waals surface area contributed by atoms with Crippen LogP contribution in [0.5, 0.6) is 0 Å². The van der Waals surface area contributed by atoms with Crippen LogP contribution in [0.25, 0.3) is 0 Å². The Morgan fingerprint density at radius 3 is 2.87 bits per heavy atom. The van der Waals surface area contributed by atoms with E-state index in [9.17, 15) is 5.11 Å². The molecular weight excluding hydrogens is 274 g/mol. The second kappa shape index (κ2) is 5.43. The number of halogens is 1. The van der Waals surface area contributed by atoms with Crippen molar-refractivity contribution in [2.75, 3.05) is 0 Å². The van der Waals surface area contributed by atoms with E-state index in [2.05, 4.69) is 33.4 Å². The van der Waals surface area contributed by atoms with Crippen LogP contribution >= 0.6 is 27.3 Å². The van der Waals surface area contributed by atoms with E-state index in [4.69, 9.17) is 0 Å². The normalized spacial score (nSPS) is 26.8. The Hall–Kier alpha value is 0.1000. The summed E-state index contributed by atoms with van der Waals surface area (Å²) in [6.45, 7) is 0.873. The molecule has 2 N–H and O–H groups in total. The third kappa shape index (κ3) is 3.28. The van der Waals surface area contributed by atoms with Gasteiger partial charge in [0.15, 0.2) is 0 Å². The number of hydrogen-bond donors (Lipinski definition) is 2. The van der Waals surface area contributed by atoms with E-state index in [0.717, 1.165) is 19.4 Å². The molecule has 2 rings (SSSR count). The topological polar surface area (TPSA) is 32.3 Å². The highest BCUT2D eigenvalue weighted by Crippen LogP contribution is 2.23. The number of nitrogens with one attached hydrogen (secondary N) is 1. The molecule has 0 amide bonds. The first-order chi connectivity index (χ1) is 7.25. The molecular formula is C11H16BrNOS. The molecule has 1 saturated carbocycles. The van der Waals surface area contributed by atoms with Crippen LogP contribution in [0.2, 0.25) is 0 Å². The molecule has 4 heteroatoms. The fourth-order valence-electron chi connectivity index (χ4n) is 2.03. The first kappa shape index (κ1) is 11.6. The average molecular weight is 290 g/mol. The van der Waals surface area contributed by atoms with Gasteiger partial charge in [0.25, 0.3) is 0 Å². The van der Waals surface area contributed by atoms with Crippen molar-refractivity contribution < 1.29 is 5.11 Å². The van der Waals surface area contributed by atoms with Crippen LogP contribution in [-0.2, 0) is 6.54 Å². The van der Waals surface area contributed by atoms with Crippen molar-refractivity contribution in [3.05, 3.63) is 20.8 Å². The number of thiophene rings is 1. The smallest absolute Gasteiger partial charge is 0.0701 e. The predicted molar refractivity (Wildman–Crippen MR) is 67.1 cm³/mol. The van der Waals surface area contributed by atoms with Gasteiger partial charge in [0.05, 0.1) is 9.89 Å². The van der Waals surface area contributed by atoms with Crippen LogP contribution in [0.1, 0.15) is 30.6 Å². The lowest BCUT2D eigenvalue weighted by Gasteiger charge is -2.28. The standard InChI is InChI=1S/C11H16BrNOS/c12-11-6-5-8(15-11)7-13-9-3-1-2-4-10(9)14/h5-6,9-10,13-14H,1-4,7H2/t9-,10-/m0/s1. The van der Waals surface area contributed by atoms with Gasteiger partial charge < -0.3 is 10.4 Å². The minimum Gasteiger partial charge on any atom is -0.392 e. The van der Waals surface area contributed by atoms with Gasteiger partial charge in [-0.3, -0.25) is 0 Å². The Kier molecular flexibility index (Phi) is 4.20. The molecule has 2 atom stereocenters. The second-order valence-corrected chi connectivity index (χ2v) is 6.59. The van der Waals surface area contributed by atoms with Gasteiger partial charge in [0, 0.05) is 17.5 Å². The summed E-state index contributed by atoms with van der Waals surface area (Å²) in [4.78, 5) is 1.32. The molecule has 15 heavy (non-hydrogen) atoms. The molecule has 1 aromatic heterocycles. The molecule has 0 aromatic carbocycles. The summed E-state index contributed by atoms with van der Waals surface area (Å²) in [6, 6.07) is 4.48. The van der Waals surface area contributed by atoms with Crippen LogP contribution in [0.4, 0.5) is 0 Å². The lowest BCUT2D eigenvalue weighted by Crippen LogP contribution is -2.41. The average Bonchev–Trinajstić information content (AvgIpc) is 2.63. The summed E-state index contributed by atoms with van der Waals surface area (Å²) in [7, 11) is 0. The lowest BCUT2D eigenvalue weighted by atomic mass is 9.92. The molecule has 1 aromatic rings. The Morgan fingerprint density at radius 2 is 2.20 bits per heavy atom. The van der Waals surface area contributed by atoms with Crippen molar-refractivity contribution >= 4 is 27.3 Å². The van der Waals surface area contributed by atoms with Crippen LogP contribution in [0, 0.1) is 0 Å². The van der Waals surface area contributed by atoms with Crippen LogP contribution < -0.4 is 5.32 Å². The third-order valence-electron chi connectivity index (χ3n) is 2.90. The maximum atomic E-state index is 9.78. The highest BCUT2D eigenvalue weighted by atomic mass is 79.9. The molecule has 0 radical (unpaired) electrons. The molecule has 0 saturated heterocycles. The SMILES string of the molecule is O[C@H]1CCCC[C@@H]1NCc1ccc(Br)s1. The molecule has 1 fully saturated rings. The Morgan fingerprint density at radius 1 is 1.40 bits per heavy atom. The Bertz CT molecular complexity index is 315. The van der Waals surface area contributed by atoms with Crippen molar-refractivity contribution in [3.63, 3.8) is 0 Å². The molecule has 84 valence electrons. The molecule has 0 unspecified atom stereocenters. The van der Waals surface area contributed by atoms with Crippen LogP contribution in [0.15, 0.2) is 15.9 Å². The van der Waals surface area contributed by atoms with Crippen molar-refractivity contribution in [1.82, 2.24) is 5.32 Å². The molecule has 2 nitrogen and oxygen atoms in total. The van der Waals surface area contributed by atoms with E-state index in [-0.39, 0.29) is 6.10 Å². The summed E-state index contributed by atoms with van der Waals surface area (Å²) >= 11 is 5.20. The van der Waals surface area contributed by atoms with E-state index in [1.54, 1.807) is 11.3 Å². The molecule has 0 bridgehead atoms. The van der Waals surface area contributed by atoms with Gasteiger partial charge in [-0.25, -0.2) is 0 Å². The maximum Gasteiger partial charge on any atom is 0.0701 e. The quantitative estimate of drug-likeness (QED) is 0.897. The largest absolute Gasteiger partial charge is 0.392 e. The summed E-state index contributed by atoms with van der Waals surface area (Å²) in [5, 5.41) is 13.2. The van der Waals surface area contributed by atoms with Crippen molar-refractivity contribution in [3.8, 4) is 0 Å². The van der Waals surface area contributed by atoms with Crippen molar-refractivity contribution in [2.45, 2.75) is 44.4 Å². The minimum atomic E-state index is -0.151. The first-order valence-electron chi connectivity index (χ1n) is 5.41. The fourth-order valence-corrected chi connectivity index (χ4v) is 3.46. The number of aliphatic hydroxyl groups is 1. The van der Waals surface area contributed by atoms with Crippen LogP contribution in [-0.4, -0.2) is 17.3 Å². The van der Waals surface area contributed by atoms with Gasteiger partial charge in [0.2, 0.25) is 0 Å². The summed E-state index contributed by atoms with van der Waals surface area (Å²) < 4.78 is 1.17. The first-order valence-corrected chi connectivity index (χ1v) is 7.02. The fraction of sp³-hybridized carbons (Fsp3) is 0.636. The maximum absolute atomic E-state index is 9.78. The highest BCUT2D eigenvalue weighted by Gasteiger charge is 2.22. The zero-order valence-electron chi connectivity index (χ0n) is 8.58. The van der Waals surface area contributed by atoms with Gasteiger partial charge >= 0.3 is 0 Å². The minimum absolute atomic E-state index is 0.151. The summed E-state index contributed by atoms with van der Waals surface area (Å²) in [5.41, 5.74) is 0. The Labute approximate surface area is 103 Å². The molecule has 1 aliphatic carbocycles. The van der Waals surface area contributed by atoms with Gasteiger partial charge in [-0.15, -0.1) is 11.3 Å². The monoisotopic (exact) mass is 289 g/mol. The van der Waals surface area contributed by atoms with Crippen LogP contribution in [0.3, 0.4) is 0 Å². The molecule has 1 aliphatic rings. The van der Waals surface area contributed by atoms with Crippen molar-refractivity contribution in [1.29, 1.82) is 0 Å². The number of rotatable bonds is 3. The van der Waals surface area contributed by atoms with E-state index >= 15 is 0 Å². The molecule has 1 heterocycles. The van der Waals surface area contributed by atoms with E-state index < -0.39 is 0 Å². The second-order valence-electron chi connectivity index (χ2n) is 4.05. The molecule has 0 spiro atoms. The van der Waals surface area contributed by atoms with E-state index in [1.807, 2.05) is 0 Å². The third-order valence-corrected chi connectivity index (χ3v) is 4.52. The van der Waals surface area contributed by atoms with Gasteiger partial charge in [0.1, 0.15) is 0 Å². The number of aliphatic hydroxyl groups excluding tert-OH is 1. The van der Waals surface area contributed by atoms with Gasteiger partial charge in [-0.1, -0.05) is 12.8 Å². The summed E-state index contributed by atoms with van der Waals surface area (Å²) in [6.07, 6.45) is 4.31. The zero-order chi connectivity index (χ0) is 10.7. The van der Waals surface area contributed by atoms with Crippen molar-refractivity contribution in [2.24, 2.45) is 0 Å². The van der Waals surface area contributed by atoms with E-state index in [0.29, 0.717) is 6.04 Å². The summed E-state index contributed by atoms with van der Waals surface area (Å²) in [5.74, 6) is 0. The van der Waals surface area contributed by atoms with Gasteiger partial charge in [-0.05, 0) is 40.9 Å². The lowest BCUT2D eigenvalue weighted by molar-refractivity contribution is 0.0904. The van der Waals surface area contributed by atoms with Gasteiger partial charge in [-0.2, -0.15) is 0 Å².